The van der Waals surface area contributed by atoms with Crippen LogP contribution in [0.5, 0.6) is 0 Å². The molecule has 0 atom stereocenters. The SMILES string of the molecule is CO[Si](OC)(OCO)C(F)(F)C(F)(F)C(F)(F)C(F)(F)C(F)(F)CCC(F)(F)F. The average Bonchev–Trinajstić information content (AvgIpc) is 2.56. The monoisotopic (exact) mass is 484 g/mol. The summed E-state index contributed by atoms with van der Waals surface area (Å²) in [5, 5.41) is 8.44. The smallest absolute Gasteiger partial charge is 0.373 e. The number of alkyl halides is 13. The fourth-order valence-corrected chi connectivity index (χ4v) is 3.71. The van der Waals surface area contributed by atoms with Gasteiger partial charge in [0.1, 0.15) is 6.79 Å². The summed E-state index contributed by atoms with van der Waals surface area (Å²) in [7, 11) is -6.24. The number of aliphatic hydroxyl groups is 1. The zero-order valence-electron chi connectivity index (χ0n) is 14.2. The molecule has 0 aliphatic rings. The zero-order chi connectivity index (χ0) is 23.7. The van der Waals surface area contributed by atoms with Crippen molar-refractivity contribution >= 4 is 8.80 Å². The molecule has 18 heteroatoms. The van der Waals surface area contributed by atoms with Gasteiger partial charge in [0.05, 0.1) is 0 Å². The van der Waals surface area contributed by atoms with Gasteiger partial charge in [-0.05, 0) is 0 Å². The molecule has 0 bridgehead atoms. The molecular weight excluding hydrogens is 471 g/mol. The van der Waals surface area contributed by atoms with E-state index in [4.69, 9.17) is 5.11 Å². The van der Waals surface area contributed by atoms with Crippen LogP contribution in [0, 0.1) is 0 Å². The number of hydrogen-bond acceptors (Lipinski definition) is 4. The molecule has 0 heterocycles. The Hall–Kier alpha value is -0.853. The highest BCUT2D eigenvalue weighted by molar-refractivity contribution is 6.63. The molecule has 4 nitrogen and oxygen atoms in total. The van der Waals surface area contributed by atoms with Crippen LogP contribution in [0.25, 0.3) is 0 Å². The second-order valence-corrected chi connectivity index (χ2v) is 8.20. The summed E-state index contributed by atoms with van der Waals surface area (Å²) in [5.41, 5.74) is -6.56. The maximum atomic E-state index is 14.1. The maximum Gasteiger partial charge on any atom is 0.583 e. The molecule has 0 aromatic rings. The highest BCUT2D eigenvalue weighted by Crippen LogP contribution is 2.59. The van der Waals surface area contributed by atoms with Gasteiger partial charge in [-0.2, -0.15) is 57.1 Å². The molecule has 1 N–H and O–H groups in total. The number of halogens is 13. The van der Waals surface area contributed by atoms with Crippen molar-refractivity contribution in [1.29, 1.82) is 0 Å². The van der Waals surface area contributed by atoms with E-state index in [0.29, 0.717) is 0 Å². The predicted octanol–water partition coefficient (Wildman–Crippen LogP) is 4.24. The summed E-state index contributed by atoms with van der Waals surface area (Å²) in [6, 6.07) is 0. The molecule has 0 radical (unpaired) electrons. The average molecular weight is 484 g/mol. The summed E-state index contributed by atoms with van der Waals surface area (Å²) >= 11 is 0. The molecule has 0 aromatic carbocycles. The third kappa shape index (κ3) is 4.59. The van der Waals surface area contributed by atoms with Crippen molar-refractivity contribution < 1.29 is 75.5 Å². The molecule has 0 saturated heterocycles. The summed E-state index contributed by atoms with van der Waals surface area (Å²) in [5.74, 6) is -28.9. The Morgan fingerprint density at radius 2 is 1.07 bits per heavy atom. The topological polar surface area (TPSA) is 47.9 Å². The molecule has 0 saturated carbocycles. The fraction of sp³-hybridized carbons (Fsp3) is 1.00. The Balaban J connectivity index is 6.35. The fourth-order valence-electron chi connectivity index (χ4n) is 1.91. The van der Waals surface area contributed by atoms with Gasteiger partial charge in [0.25, 0.3) is 0 Å². The summed E-state index contributed by atoms with van der Waals surface area (Å²) < 4.78 is 184. The minimum Gasteiger partial charge on any atom is -0.373 e. The highest BCUT2D eigenvalue weighted by atomic mass is 28.4. The third-order valence-corrected chi connectivity index (χ3v) is 6.21. The summed E-state index contributed by atoms with van der Waals surface area (Å²) in [6.07, 6.45) is -11.5. The molecule has 176 valence electrons. The van der Waals surface area contributed by atoms with Crippen molar-refractivity contribution in [2.75, 3.05) is 21.0 Å². The number of hydrogen-bond donors (Lipinski definition) is 1. The van der Waals surface area contributed by atoms with Crippen LogP contribution < -0.4 is 0 Å². The molecule has 0 unspecified atom stereocenters. The largest absolute Gasteiger partial charge is 0.583 e. The lowest BCUT2D eigenvalue weighted by Crippen LogP contribution is -2.75. The van der Waals surface area contributed by atoms with Gasteiger partial charge in [0.15, 0.2) is 0 Å². The van der Waals surface area contributed by atoms with Gasteiger partial charge in [0, 0.05) is 27.1 Å². The Kier molecular flexibility index (Phi) is 8.10. The van der Waals surface area contributed by atoms with Crippen LogP contribution in [0.3, 0.4) is 0 Å². The highest BCUT2D eigenvalue weighted by Gasteiger charge is 2.91. The van der Waals surface area contributed by atoms with E-state index >= 15 is 0 Å². The van der Waals surface area contributed by atoms with Crippen molar-refractivity contribution in [3.8, 4) is 0 Å². The quantitative estimate of drug-likeness (QED) is 0.271. The molecule has 0 aromatic heterocycles. The summed E-state index contributed by atoms with van der Waals surface area (Å²) in [6.45, 7) is -1.93. The first-order valence-electron chi connectivity index (χ1n) is 6.95. The van der Waals surface area contributed by atoms with E-state index in [9.17, 15) is 57.1 Å². The van der Waals surface area contributed by atoms with Crippen LogP contribution in [0.2, 0.25) is 0 Å². The standard InChI is InChI=1S/C11H13F13O4Si/c1-26-29(27-2,28-5-25)11(23,24)10(21,22)9(19,20)8(17,18)6(12,13)3-4-7(14,15)16/h25H,3-5H2,1-2H3. The van der Waals surface area contributed by atoms with Gasteiger partial charge >= 0.3 is 44.2 Å². The van der Waals surface area contributed by atoms with E-state index in [1.165, 1.54) is 0 Å². The zero-order valence-corrected chi connectivity index (χ0v) is 15.2. The van der Waals surface area contributed by atoms with Gasteiger partial charge in [-0.1, -0.05) is 0 Å². The first kappa shape index (κ1) is 28.1. The van der Waals surface area contributed by atoms with E-state index in [0.717, 1.165) is 0 Å². The predicted molar refractivity (Wildman–Crippen MR) is 68.0 cm³/mol. The van der Waals surface area contributed by atoms with Gasteiger partial charge < -0.3 is 18.4 Å². The van der Waals surface area contributed by atoms with Crippen molar-refractivity contribution in [1.82, 2.24) is 0 Å². The molecule has 0 fully saturated rings. The molecule has 0 spiro atoms. The van der Waals surface area contributed by atoms with E-state index in [1.54, 1.807) is 0 Å². The molecule has 0 amide bonds. The normalized spacial score (nSPS) is 15.7. The molecule has 0 rings (SSSR count). The van der Waals surface area contributed by atoms with Crippen LogP contribution in [-0.4, -0.2) is 70.3 Å². The summed E-state index contributed by atoms with van der Waals surface area (Å²) in [4.78, 5) is 0. The number of aliphatic hydroxyl groups excluding tert-OH is 1. The van der Waals surface area contributed by atoms with E-state index in [2.05, 4.69) is 13.3 Å². The van der Waals surface area contributed by atoms with Crippen molar-refractivity contribution in [2.45, 2.75) is 48.3 Å². The van der Waals surface area contributed by atoms with Crippen LogP contribution in [0.4, 0.5) is 57.1 Å². The van der Waals surface area contributed by atoms with Crippen LogP contribution >= 0.6 is 0 Å². The van der Waals surface area contributed by atoms with Crippen LogP contribution in [0.1, 0.15) is 12.8 Å². The minimum absolute atomic E-state index is 0.115. The van der Waals surface area contributed by atoms with Gasteiger partial charge in [-0.25, -0.2) is 0 Å². The lowest BCUT2D eigenvalue weighted by atomic mass is 9.95. The number of rotatable bonds is 11. The third-order valence-electron chi connectivity index (χ3n) is 3.54. The van der Waals surface area contributed by atoms with E-state index < -0.39 is 63.9 Å². The van der Waals surface area contributed by atoms with Crippen molar-refractivity contribution in [3.05, 3.63) is 0 Å². The van der Waals surface area contributed by atoms with Gasteiger partial charge in [-0.3, -0.25) is 0 Å². The Morgan fingerprint density at radius 3 is 1.38 bits per heavy atom. The van der Waals surface area contributed by atoms with Crippen molar-refractivity contribution in [2.24, 2.45) is 0 Å². The first-order chi connectivity index (χ1) is 12.6. The van der Waals surface area contributed by atoms with Gasteiger partial charge in [-0.15, -0.1) is 0 Å². The molecule has 0 aliphatic carbocycles. The molecule has 0 aliphatic heterocycles. The maximum absolute atomic E-state index is 14.1. The second kappa shape index (κ2) is 8.35. The van der Waals surface area contributed by atoms with Crippen molar-refractivity contribution in [3.63, 3.8) is 0 Å². The van der Waals surface area contributed by atoms with E-state index in [1.807, 2.05) is 0 Å². The Morgan fingerprint density at radius 1 is 0.655 bits per heavy atom. The Bertz CT molecular complexity index is 547. The van der Waals surface area contributed by atoms with E-state index in [-0.39, 0.29) is 14.2 Å². The lowest BCUT2D eigenvalue weighted by Gasteiger charge is -2.42. The van der Waals surface area contributed by atoms with Crippen LogP contribution in [-0.2, 0) is 13.3 Å². The van der Waals surface area contributed by atoms with Gasteiger partial charge in [0.2, 0.25) is 0 Å². The second-order valence-electron chi connectivity index (χ2n) is 5.36. The Labute approximate surface area is 154 Å². The molecular formula is C11H13F13O4Si. The minimum atomic E-state index is -7.63. The first-order valence-corrected chi connectivity index (χ1v) is 8.67. The van der Waals surface area contributed by atoms with Crippen LogP contribution in [0.15, 0.2) is 0 Å². The molecule has 29 heavy (non-hydrogen) atoms. The lowest BCUT2D eigenvalue weighted by molar-refractivity contribution is -0.397.